The second-order valence-electron chi connectivity index (χ2n) is 2.97. The number of nitrogens with one attached hydrogen (secondary N) is 2. The summed E-state index contributed by atoms with van der Waals surface area (Å²) >= 11 is 0. The maximum Gasteiger partial charge on any atom is 0.0555 e. The Hall–Kier alpha value is -0.970. The van der Waals surface area contributed by atoms with Crippen molar-refractivity contribution in [3.05, 3.63) is 30.1 Å². The third kappa shape index (κ3) is 4.91. The number of nitrogens with zero attached hydrogens (tertiary/aromatic N) is 1. The standard InChI is InChI=1S/C10H17N3O/c14-8-7-11-5-6-12-9-10-3-1-2-4-13-10/h1-4,11-12,14H,5-9H2. The van der Waals surface area contributed by atoms with E-state index in [4.69, 9.17) is 5.11 Å². The van der Waals surface area contributed by atoms with Crippen LogP contribution in [-0.2, 0) is 6.54 Å². The molecule has 0 aliphatic rings. The van der Waals surface area contributed by atoms with Gasteiger partial charge >= 0.3 is 0 Å². The molecule has 0 aliphatic heterocycles. The van der Waals surface area contributed by atoms with Gasteiger partial charge in [-0.2, -0.15) is 0 Å². The van der Waals surface area contributed by atoms with E-state index in [9.17, 15) is 0 Å². The van der Waals surface area contributed by atoms with Crippen molar-refractivity contribution >= 4 is 0 Å². The first kappa shape index (κ1) is 11.1. The van der Waals surface area contributed by atoms with Gasteiger partial charge in [0.25, 0.3) is 0 Å². The highest BCUT2D eigenvalue weighted by Gasteiger charge is 1.91. The number of rotatable bonds is 7. The molecule has 0 fully saturated rings. The van der Waals surface area contributed by atoms with E-state index in [0.29, 0.717) is 6.54 Å². The van der Waals surface area contributed by atoms with Gasteiger partial charge in [0, 0.05) is 32.4 Å². The number of pyridine rings is 1. The Bertz CT molecular complexity index is 228. The molecule has 0 aliphatic carbocycles. The molecule has 0 aromatic carbocycles. The highest BCUT2D eigenvalue weighted by Crippen LogP contribution is 1.90. The van der Waals surface area contributed by atoms with Gasteiger partial charge in [-0.1, -0.05) is 6.07 Å². The topological polar surface area (TPSA) is 57.2 Å². The van der Waals surface area contributed by atoms with Crippen molar-refractivity contribution in [1.29, 1.82) is 0 Å². The third-order valence-corrected chi connectivity index (χ3v) is 1.80. The van der Waals surface area contributed by atoms with E-state index in [1.165, 1.54) is 0 Å². The van der Waals surface area contributed by atoms with Crippen molar-refractivity contribution in [2.75, 3.05) is 26.2 Å². The van der Waals surface area contributed by atoms with E-state index >= 15 is 0 Å². The lowest BCUT2D eigenvalue weighted by atomic mass is 10.3. The summed E-state index contributed by atoms with van der Waals surface area (Å²) in [6, 6.07) is 5.88. The van der Waals surface area contributed by atoms with Gasteiger partial charge < -0.3 is 15.7 Å². The van der Waals surface area contributed by atoms with E-state index in [2.05, 4.69) is 15.6 Å². The zero-order valence-corrected chi connectivity index (χ0v) is 8.24. The van der Waals surface area contributed by atoms with Gasteiger partial charge in [-0.3, -0.25) is 4.98 Å². The number of hydrogen-bond acceptors (Lipinski definition) is 4. The summed E-state index contributed by atoms with van der Waals surface area (Å²) in [7, 11) is 0. The van der Waals surface area contributed by atoms with Gasteiger partial charge in [0.1, 0.15) is 0 Å². The molecule has 0 saturated carbocycles. The Morgan fingerprint density at radius 1 is 1.14 bits per heavy atom. The van der Waals surface area contributed by atoms with Crippen molar-refractivity contribution in [3.63, 3.8) is 0 Å². The Balaban J connectivity index is 1.99. The lowest BCUT2D eigenvalue weighted by molar-refractivity contribution is 0.292. The molecule has 0 radical (unpaired) electrons. The largest absolute Gasteiger partial charge is 0.395 e. The highest BCUT2D eigenvalue weighted by atomic mass is 16.3. The molecule has 0 bridgehead atoms. The zero-order valence-electron chi connectivity index (χ0n) is 8.24. The van der Waals surface area contributed by atoms with Crippen molar-refractivity contribution in [2.24, 2.45) is 0 Å². The van der Waals surface area contributed by atoms with Crippen LogP contribution >= 0.6 is 0 Å². The maximum absolute atomic E-state index is 8.51. The predicted octanol–water partition coefficient (Wildman–Crippen LogP) is -0.247. The monoisotopic (exact) mass is 195 g/mol. The minimum Gasteiger partial charge on any atom is -0.395 e. The molecule has 78 valence electrons. The van der Waals surface area contributed by atoms with E-state index in [0.717, 1.165) is 25.3 Å². The van der Waals surface area contributed by atoms with Crippen LogP contribution in [-0.4, -0.2) is 36.3 Å². The quantitative estimate of drug-likeness (QED) is 0.525. The first-order valence-electron chi connectivity index (χ1n) is 4.85. The van der Waals surface area contributed by atoms with Gasteiger partial charge in [-0.25, -0.2) is 0 Å². The molecule has 0 saturated heterocycles. The smallest absolute Gasteiger partial charge is 0.0555 e. The van der Waals surface area contributed by atoms with E-state index in [1.54, 1.807) is 6.20 Å². The molecule has 1 aromatic heterocycles. The summed E-state index contributed by atoms with van der Waals surface area (Å²) in [5, 5.41) is 14.9. The second-order valence-corrected chi connectivity index (χ2v) is 2.97. The average Bonchev–Trinajstić information content (AvgIpc) is 2.25. The molecule has 0 amide bonds. The van der Waals surface area contributed by atoms with E-state index < -0.39 is 0 Å². The average molecular weight is 195 g/mol. The van der Waals surface area contributed by atoms with Crippen LogP contribution in [0.1, 0.15) is 5.69 Å². The fourth-order valence-electron chi connectivity index (χ4n) is 1.10. The number of aromatic nitrogens is 1. The Morgan fingerprint density at radius 2 is 2.00 bits per heavy atom. The van der Waals surface area contributed by atoms with Crippen molar-refractivity contribution in [2.45, 2.75) is 6.54 Å². The van der Waals surface area contributed by atoms with Crippen LogP contribution in [0.3, 0.4) is 0 Å². The first-order chi connectivity index (χ1) is 6.93. The number of aliphatic hydroxyl groups is 1. The van der Waals surface area contributed by atoms with E-state index in [-0.39, 0.29) is 6.61 Å². The predicted molar refractivity (Wildman–Crippen MR) is 55.9 cm³/mol. The Kier molecular flexibility index (Phi) is 5.90. The van der Waals surface area contributed by atoms with Gasteiger partial charge in [0.15, 0.2) is 0 Å². The third-order valence-electron chi connectivity index (χ3n) is 1.80. The highest BCUT2D eigenvalue weighted by molar-refractivity contribution is 5.02. The molecule has 0 unspecified atom stereocenters. The molecule has 3 N–H and O–H groups in total. The van der Waals surface area contributed by atoms with Crippen LogP contribution in [0.25, 0.3) is 0 Å². The molecular weight excluding hydrogens is 178 g/mol. The minimum absolute atomic E-state index is 0.195. The van der Waals surface area contributed by atoms with Crippen LogP contribution in [0.4, 0.5) is 0 Å². The molecule has 1 rings (SSSR count). The summed E-state index contributed by atoms with van der Waals surface area (Å²) in [6.45, 7) is 3.40. The lowest BCUT2D eigenvalue weighted by Crippen LogP contribution is -2.28. The molecular formula is C10H17N3O. The van der Waals surface area contributed by atoms with Crippen LogP contribution in [0.15, 0.2) is 24.4 Å². The van der Waals surface area contributed by atoms with Gasteiger partial charge in [-0.15, -0.1) is 0 Å². The molecule has 4 nitrogen and oxygen atoms in total. The minimum atomic E-state index is 0.195. The summed E-state index contributed by atoms with van der Waals surface area (Å²) in [5.74, 6) is 0. The molecule has 0 atom stereocenters. The van der Waals surface area contributed by atoms with Gasteiger partial charge in [-0.05, 0) is 12.1 Å². The Morgan fingerprint density at radius 3 is 2.71 bits per heavy atom. The molecule has 1 aromatic rings. The molecule has 4 heteroatoms. The zero-order chi connectivity index (χ0) is 10.1. The fourth-order valence-corrected chi connectivity index (χ4v) is 1.10. The molecule has 14 heavy (non-hydrogen) atoms. The summed E-state index contributed by atoms with van der Waals surface area (Å²) in [5.41, 5.74) is 1.05. The van der Waals surface area contributed by atoms with Crippen LogP contribution in [0, 0.1) is 0 Å². The van der Waals surface area contributed by atoms with Gasteiger partial charge in [0.05, 0.1) is 12.3 Å². The SMILES string of the molecule is OCCNCCNCc1ccccn1. The van der Waals surface area contributed by atoms with E-state index in [1.807, 2.05) is 18.2 Å². The van der Waals surface area contributed by atoms with Crippen molar-refractivity contribution < 1.29 is 5.11 Å². The lowest BCUT2D eigenvalue weighted by Gasteiger charge is -2.04. The Labute approximate surface area is 84.4 Å². The van der Waals surface area contributed by atoms with Crippen LogP contribution in [0.5, 0.6) is 0 Å². The van der Waals surface area contributed by atoms with Crippen molar-refractivity contribution in [3.8, 4) is 0 Å². The number of hydrogen-bond donors (Lipinski definition) is 3. The first-order valence-corrected chi connectivity index (χ1v) is 4.85. The summed E-state index contributed by atoms with van der Waals surface area (Å²) in [6.07, 6.45) is 1.79. The molecule has 1 heterocycles. The molecule has 0 spiro atoms. The summed E-state index contributed by atoms with van der Waals surface area (Å²) < 4.78 is 0. The van der Waals surface area contributed by atoms with Crippen LogP contribution in [0.2, 0.25) is 0 Å². The fraction of sp³-hybridized carbons (Fsp3) is 0.500. The summed E-state index contributed by atoms with van der Waals surface area (Å²) in [4.78, 5) is 4.19. The van der Waals surface area contributed by atoms with Crippen LogP contribution < -0.4 is 10.6 Å². The van der Waals surface area contributed by atoms with Crippen molar-refractivity contribution in [1.82, 2.24) is 15.6 Å². The maximum atomic E-state index is 8.51. The van der Waals surface area contributed by atoms with Gasteiger partial charge in [0.2, 0.25) is 0 Å². The second kappa shape index (κ2) is 7.44. The normalized spacial score (nSPS) is 10.4. The number of aliphatic hydroxyl groups excluding tert-OH is 1.